The summed E-state index contributed by atoms with van der Waals surface area (Å²) in [5.74, 6) is -0.176. The van der Waals surface area contributed by atoms with Gasteiger partial charge in [-0.2, -0.15) is 0 Å². The fraction of sp³-hybridized carbons (Fsp3) is 0.500. The molecule has 128 valence electrons. The Kier molecular flexibility index (Phi) is 8.43. The molecule has 6 nitrogen and oxygen atoms in total. The maximum Gasteiger partial charge on any atom is 0.307 e. The number of ether oxygens (including phenoxy) is 2. The highest BCUT2D eigenvalue weighted by Crippen LogP contribution is 2.15. The number of halogens is 1. The zero-order valence-corrected chi connectivity index (χ0v) is 14.1. The second-order valence-electron chi connectivity index (χ2n) is 4.99. The van der Waals surface area contributed by atoms with Crippen molar-refractivity contribution in [3.63, 3.8) is 0 Å². The fourth-order valence-electron chi connectivity index (χ4n) is 1.86. The lowest BCUT2D eigenvalue weighted by Crippen LogP contribution is -2.40. The Morgan fingerprint density at radius 1 is 1.30 bits per heavy atom. The molecule has 0 bridgehead atoms. The van der Waals surface area contributed by atoms with Crippen LogP contribution < -0.4 is 4.74 Å². The zero-order chi connectivity index (χ0) is 17.2. The summed E-state index contributed by atoms with van der Waals surface area (Å²) in [5.41, 5.74) is 0. The summed E-state index contributed by atoms with van der Waals surface area (Å²) >= 11 is 5.78. The minimum atomic E-state index is -0.698. The Bertz CT molecular complexity index is 504. The number of esters is 1. The second kappa shape index (κ2) is 10.1. The summed E-state index contributed by atoms with van der Waals surface area (Å²) in [6, 6.07) is 6.64. The molecule has 0 saturated heterocycles. The molecule has 0 aliphatic rings. The molecule has 0 spiro atoms. The van der Waals surface area contributed by atoms with Crippen LogP contribution in [0.25, 0.3) is 0 Å². The first-order valence-electron chi connectivity index (χ1n) is 7.42. The van der Waals surface area contributed by atoms with Crippen LogP contribution in [0.15, 0.2) is 24.3 Å². The standard InChI is InChI=1S/C16H22ClNO5/c1-3-22-16(21)8-9-18(10-12(2)19)15(20)11-23-14-6-4-13(17)5-7-14/h4-7,12,19H,3,8-11H2,1-2H3. The Hall–Kier alpha value is -1.79. The maximum atomic E-state index is 12.2. The van der Waals surface area contributed by atoms with Gasteiger partial charge in [0.05, 0.1) is 19.1 Å². The first-order valence-corrected chi connectivity index (χ1v) is 7.80. The van der Waals surface area contributed by atoms with Crippen molar-refractivity contribution >= 4 is 23.5 Å². The SMILES string of the molecule is CCOC(=O)CCN(CC(C)O)C(=O)COc1ccc(Cl)cc1. The maximum absolute atomic E-state index is 12.2. The van der Waals surface area contributed by atoms with Crippen LogP contribution in [-0.4, -0.2) is 54.3 Å². The van der Waals surface area contributed by atoms with Crippen LogP contribution in [0.4, 0.5) is 0 Å². The Morgan fingerprint density at radius 3 is 2.52 bits per heavy atom. The van der Waals surface area contributed by atoms with E-state index in [-0.39, 0.29) is 38.0 Å². The van der Waals surface area contributed by atoms with Gasteiger partial charge in [-0.05, 0) is 38.1 Å². The van der Waals surface area contributed by atoms with Crippen LogP contribution in [0.1, 0.15) is 20.3 Å². The normalized spacial score (nSPS) is 11.7. The predicted molar refractivity (Wildman–Crippen MR) is 86.5 cm³/mol. The number of hydrogen-bond acceptors (Lipinski definition) is 5. The van der Waals surface area contributed by atoms with Crippen LogP contribution in [0, 0.1) is 0 Å². The third-order valence-corrected chi connectivity index (χ3v) is 3.16. The van der Waals surface area contributed by atoms with E-state index in [2.05, 4.69) is 0 Å². The quantitative estimate of drug-likeness (QED) is 0.693. The van der Waals surface area contributed by atoms with Crippen molar-refractivity contribution in [1.29, 1.82) is 0 Å². The molecule has 1 N–H and O–H groups in total. The summed E-state index contributed by atoms with van der Waals surface area (Å²) in [7, 11) is 0. The molecule has 0 saturated carbocycles. The highest BCUT2D eigenvalue weighted by atomic mass is 35.5. The molecule has 1 unspecified atom stereocenters. The van der Waals surface area contributed by atoms with Gasteiger partial charge in [0.15, 0.2) is 6.61 Å². The first-order chi connectivity index (χ1) is 10.9. The van der Waals surface area contributed by atoms with Gasteiger partial charge in [0.2, 0.25) is 0 Å². The molecule has 0 heterocycles. The van der Waals surface area contributed by atoms with Gasteiger partial charge in [0, 0.05) is 18.1 Å². The molecule has 0 aliphatic carbocycles. The molecule has 1 rings (SSSR count). The van der Waals surface area contributed by atoms with Gasteiger partial charge in [-0.25, -0.2) is 0 Å². The number of nitrogens with zero attached hydrogens (tertiary/aromatic N) is 1. The van der Waals surface area contributed by atoms with Gasteiger partial charge < -0.3 is 19.5 Å². The lowest BCUT2D eigenvalue weighted by Gasteiger charge is -2.23. The van der Waals surface area contributed by atoms with E-state index in [1.54, 1.807) is 38.1 Å². The molecule has 0 aromatic heterocycles. The third kappa shape index (κ3) is 7.85. The number of amides is 1. The molecular weight excluding hydrogens is 322 g/mol. The summed E-state index contributed by atoms with van der Waals surface area (Å²) in [5, 5.41) is 10.1. The molecular formula is C16H22ClNO5. The van der Waals surface area contributed by atoms with E-state index in [1.807, 2.05) is 0 Å². The van der Waals surface area contributed by atoms with Crippen LogP contribution >= 0.6 is 11.6 Å². The largest absolute Gasteiger partial charge is 0.484 e. The smallest absolute Gasteiger partial charge is 0.307 e. The van der Waals surface area contributed by atoms with E-state index in [4.69, 9.17) is 21.1 Å². The molecule has 0 radical (unpaired) electrons. The van der Waals surface area contributed by atoms with Crippen molar-refractivity contribution in [3.05, 3.63) is 29.3 Å². The molecule has 1 atom stereocenters. The molecule has 0 fully saturated rings. The number of benzene rings is 1. The van der Waals surface area contributed by atoms with Crippen LogP contribution in [0.5, 0.6) is 5.75 Å². The number of aliphatic hydroxyl groups excluding tert-OH is 1. The Labute approximate surface area is 140 Å². The monoisotopic (exact) mass is 343 g/mol. The topological polar surface area (TPSA) is 76.1 Å². The van der Waals surface area contributed by atoms with Gasteiger partial charge >= 0.3 is 5.97 Å². The van der Waals surface area contributed by atoms with Crippen LogP contribution in [0.2, 0.25) is 5.02 Å². The average Bonchev–Trinajstić information content (AvgIpc) is 2.50. The van der Waals surface area contributed by atoms with Crippen molar-refractivity contribution in [2.24, 2.45) is 0 Å². The van der Waals surface area contributed by atoms with Crippen LogP contribution in [-0.2, 0) is 14.3 Å². The lowest BCUT2D eigenvalue weighted by molar-refractivity contribution is -0.144. The molecule has 7 heteroatoms. The zero-order valence-electron chi connectivity index (χ0n) is 13.3. The van der Waals surface area contributed by atoms with E-state index in [1.165, 1.54) is 4.90 Å². The van der Waals surface area contributed by atoms with E-state index in [0.717, 1.165) is 0 Å². The van der Waals surface area contributed by atoms with Crippen LogP contribution in [0.3, 0.4) is 0 Å². The van der Waals surface area contributed by atoms with Crippen molar-refractivity contribution in [3.8, 4) is 5.75 Å². The molecule has 1 aromatic carbocycles. The van der Waals surface area contributed by atoms with E-state index < -0.39 is 6.10 Å². The summed E-state index contributed by atoms with van der Waals surface area (Å²) in [6.45, 7) is 3.70. The van der Waals surface area contributed by atoms with Gasteiger partial charge in [-0.1, -0.05) is 11.6 Å². The molecule has 0 aliphatic heterocycles. The first kappa shape index (κ1) is 19.3. The van der Waals surface area contributed by atoms with Crippen molar-refractivity contribution in [1.82, 2.24) is 4.90 Å². The predicted octanol–water partition coefficient (Wildman–Crippen LogP) is 1.88. The minimum absolute atomic E-state index is 0.0766. The summed E-state index contributed by atoms with van der Waals surface area (Å²) in [6.07, 6.45) is -0.621. The fourth-order valence-corrected chi connectivity index (χ4v) is 1.99. The summed E-state index contributed by atoms with van der Waals surface area (Å²) < 4.78 is 10.2. The Morgan fingerprint density at radius 2 is 1.96 bits per heavy atom. The van der Waals surface area contributed by atoms with Crippen molar-refractivity contribution in [2.75, 3.05) is 26.3 Å². The summed E-state index contributed by atoms with van der Waals surface area (Å²) in [4.78, 5) is 25.0. The van der Waals surface area contributed by atoms with Gasteiger partial charge in [-0.15, -0.1) is 0 Å². The van der Waals surface area contributed by atoms with Crippen molar-refractivity contribution < 1.29 is 24.2 Å². The number of aliphatic hydroxyl groups is 1. The number of carbonyl (C=O) groups excluding carboxylic acids is 2. The van der Waals surface area contributed by atoms with Gasteiger partial charge in [0.1, 0.15) is 5.75 Å². The lowest BCUT2D eigenvalue weighted by atomic mass is 10.3. The second-order valence-corrected chi connectivity index (χ2v) is 5.42. The highest BCUT2D eigenvalue weighted by molar-refractivity contribution is 6.30. The minimum Gasteiger partial charge on any atom is -0.484 e. The molecule has 23 heavy (non-hydrogen) atoms. The van der Waals surface area contributed by atoms with E-state index in [0.29, 0.717) is 17.4 Å². The molecule has 1 aromatic rings. The van der Waals surface area contributed by atoms with Gasteiger partial charge in [-0.3, -0.25) is 9.59 Å². The number of rotatable bonds is 9. The van der Waals surface area contributed by atoms with E-state index in [9.17, 15) is 14.7 Å². The highest BCUT2D eigenvalue weighted by Gasteiger charge is 2.18. The average molecular weight is 344 g/mol. The number of carbonyl (C=O) groups is 2. The van der Waals surface area contributed by atoms with Gasteiger partial charge in [0.25, 0.3) is 5.91 Å². The van der Waals surface area contributed by atoms with E-state index >= 15 is 0 Å². The third-order valence-electron chi connectivity index (χ3n) is 2.90. The Balaban J connectivity index is 2.53. The van der Waals surface area contributed by atoms with Crippen molar-refractivity contribution in [2.45, 2.75) is 26.4 Å². The molecule has 1 amide bonds. The number of hydrogen-bond donors (Lipinski definition) is 1.